The maximum atomic E-state index is 13.2. The molecule has 706 valence electrons. The number of Topliss-reactive ketones (excluding diaryl/α,β-unsaturated/α-hetero) is 5. The van der Waals surface area contributed by atoms with E-state index in [9.17, 15) is 63.3 Å². The number of amides is 3. The van der Waals surface area contributed by atoms with Crippen molar-refractivity contribution in [3.05, 3.63) is 119 Å². The molecular formula is C101H155N3O22. The fourth-order valence-electron chi connectivity index (χ4n) is 16.0. The van der Waals surface area contributed by atoms with Crippen molar-refractivity contribution in [2.75, 3.05) is 46.1 Å². The second-order valence-electron chi connectivity index (χ2n) is 34.7. The number of fused-ring (bicyclic) bond motifs is 6. The van der Waals surface area contributed by atoms with Gasteiger partial charge in [0.25, 0.3) is 0 Å². The standard InChI is InChI=1S/C33H43NO7.C25H45NO5.C20H35NO8.C17H16O2.2C3H8/c1-7-12-29(36)31(22(5)40-32-21(4)19(2)20(3)30(41-32)18-38-23(6)35)34-33(37)39-17-28-26-15-10-8-13-24(26)25-14-9-11-16-27(25)28;1-9-15(5)24(29)26-14-20(27)13-19(10-2)23(28)22(12-4)31-25-18(8)16(6)17(7)21(11-3)30-25;1-5-11(3)19(27)21-8-14(23)7-13(6-2)15(24)10-28-20-12(4)17(25)18(26)16(9-22)29-20;1-2-17(18)19-11-16-14-9-5-3-7-12(14)13-8-4-6-10-15(13)16;2*1-3-2/h8-11,13-16,19-22,28,30-32H,7,12,17-18H2,1-6H3,(H,34,37);15-19,21-22,25H,9-14H2,1-8H3,(H,26,29);11-13,16-18,20,22,25-26H,5-10H2,1-4H3,(H,21,27);3-10,16H,2,11H2,1H3;2*3H2,1-2H3/t19-,20+,21?,22+,30?,31-,32-;15?,16-,17+,18?,19?,21?,22?,25+;11?,12?,13?,16?,17-,18+,20+;;;/m001.../s1. The van der Waals surface area contributed by atoms with Crippen LogP contribution < -0.4 is 16.0 Å². The van der Waals surface area contributed by atoms with E-state index in [1.807, 2.05) is 91.8 Å². The number of benzene rings is 4. The topological polar surface area (TPSA) is 351 Å². The average molecular weight is 1760 g/mol. The molecule has 25 heteroatoms. The van der Waals surface area contributed by atoms with Crippen molar-refractivity contribution >= 4 is 58.8 Å². The minimum absolute atomic E-state index is 0.00115. The molecule has 3 amide bonds. The van der Waals surface area contributed by atoms with E-state index in [1.54, 1.807) is 27.7 Å². The van der Waals surface area contributed by atoms with Crippen LogP contribution in [-0.2, 0) is 85.8 Å². The van der Waals surface area contributed by atoms with Gasteiger partial charge in [-0.25, -0.2) is 4.79 Å². The zero-order chi connectivity index (χ0) is 94.2. The van der Waals surface area contributed by atoms with E-state index in [1.165, 1.54) is 42.0 Å². The number of rotatable bonds is 39. The number of ether oxygens (including phenoxy) is 9. The first-order chi connectivity index (χ1) is 60.0. The van der Waals surface area contributed by atoms with Gasteiger partial charge in [0.2, 0.25) is 11.8 Å². The number of carbonyl (C=O) groups excluding carboxylic acids is 10. The molecule has 126 heavy (non-hydrogen) atoms. The number of hydrogen-bond donors (Lipinski definition) is 6. The number of aliphatic hydroxyl groups is 3. The van der Waals surface area contributed by atoms with Gasteiger partial charge in [-0.05, 0) is 120 Å². The highest BCUT2D eigenvalue weighted by Gasteiger charge is 2.46. The van der Waals surface area contributed by atoms with Crippen LogP contribution in [0.1, 0.15) is 277 Å². The summed E-state index contributed by atoms with van der Waals surface area (Å²) in [5, 5.41) is 37.2. The van der Waals surface area contributed by atoms with Crippen LogP contribution in [0.3, 0.4) is 0 Å². The lowest BCUT2D eigenvalue weighted by Crippen LogP contribution is -2.55. The molecule has 25 nitrogen and oxygen atoms in total. The van der Waals surface area contributed by atoms with E-state index in [0.717, 1.165) is 35.1 Å². The van der Waals surface area contributed by atoms with Gasteiger partial charge in [0.1, 0.15) is 50.8 Å². The lowest BCUT2D eigenvalue weighted by molar-refractivity contribution is -0.280. The van der Waals surface area contributed by atoms with Gasteiger partial charge in [-0.2, -0.15) is 0 Å². The molecular weight excluding hydrogens is 1610 g/mol. The number of aliphatic hydroxyl groups excluding tert-OH is 3. The normalized spacial score (nSPS) is 24.2. The first-order valence-corrected chi connectivity index (χ1v) is 46.6. The largest absolute Gasteiger partial charge is 0.465 e. The third-order valence-corrected chi connectivity index (χ3v) is 25.2. The Labute approximate surface area is 751 Å². The summed E-state index contributed by atoms with van der Waals surface area (Å²) >= 11 is 0. The zero-order valence-electron chi connectivity index (χ0n) is 79.8. The van der Waals surface area contributed by atoms with E-state index in [2.05, 4.69) is 146 Å². The molecule has 0 bridgehead atoms. The summed E-state index contributed by atoms with van der Waals surface area (Å²) in [4.78, 5) is 123. The van der Waals surface area contributed by atoms with Crippen LogP contribution in [0.2, 0.25) is 0 Å². The molecule has 22 atom stereocenters. The van der Waals surface area contributed by atoms with Crippen LogP contribution in [-0.4, -0.2) is 188 Å². The molecule has 0 radical (unpaired) electrons. The van der Waals surface area contributed by atoms with Gasteiger partial charge in [-0.3, -0.25) is 43.2 Å². The maximum Gasteiger partial charge on any atom is 0.407 e. The van der Waals surface area contributed by atoms with E-state index < -0.39 is 85.9 Å². The molecule has 5 aliphatic rings. The van der Waals surface area contributed by atoms with E-state index in [4.69, 9.17) is 42.6 Å². The van der Waals surface area contributed by atoms with Gasteiger partial charge >= 0.3 is 18.0 Å². The fourth-order valence-corrected chi connectivity index (χ4v) is 16.0. The summed E-state index contributed by atoms with van der Waals surface area (Å²) in [6.45, 7) is 44.7. The second-order valence-corrected chi connectivity index (χ2v) is 34.7. The molecule has 6 N–H and O–H groups in total. The molecule has 0 saturated carbocycles. The van der Waals surface area contributed by atoms with Crippen molar-refractivity contribution < 1.29 is 106 Å². The van der Waals surface area contributed by atoms with Crippen molar-refractivity contribution in [3.8, 4) is 22.3 Å². The highest BCUT2D eigenvalue weighted by atomic mass is 16.7. The quantitative estimate of drug-likeness (QED) is 0.0178. The fraction of sp³-hybridized carbons (Fsp3) is 0.663. The van der Waals surface area contributed by atoms with Gasteiger partial charge in [-0.1, -0.05) is 255 Å². The first-order valence-electron chi connectivity index (χ1n) is 46.6. The number of esters is 2. The number of carbonyl (C=O) groups is 10. The lowest BCUT2D eigenvalue weighted by atomic mass is 9.78. The molecule has 0 spiro atoms. The molecule has 3 aliphatic heterocycles. The van der Waals surface area contributed by atoms with Crippen LogP contribution in [0.15, 0.2) is 97.1 Å². The second kappa shape index (κ2) is 57.1. The Kier molecular flexibility index (Phi) is 50.0. The van der Waals surface area contributed by atoms with Crippen molar-refractivity contribution in [1.29, 1.82) is 0 Å². The SMILES string of the molecule is CCC.CCC.CCC(=O)OCC1c2ccccc2-c2ccccc21.CCC(C)C(=O)NCC(=O)CC(CC)C(=O)C(CC)O[C@H]1OC(CC)[C@H](C)[C@H](C)C1C.CCC(C)C(=O)NCC(=O)CC(CC)C(=O)CO[C@H]1OC(CO)[C@H](O)[C@H](O)C1C.CCCC(=O)[C@@H](NC(=O)OCC1c2ccccc2-c2ccccc21)[C@@H](C)O[C@H]1OC(COC(C)=O)[C@H](C)[C@H](C)C1C. The Morgan fingerprint density at radius 3 is 1.29 bits per heavy atom. The summed E-state index contributed by atoms with van der Waals surface area (Å²) in [6.07, 6.45) is 0.348. The van der Waals surface area contributed by atoms with Crippen LogP contribution >= 0.6 is 0 Å². The van der Waals surface area contributed by atoms with E-state index in [-0.39, 0.29) is 158 Å². The smallest absolute Gasteiger partial charge is 0.407 e. The third kappa shape index (κ3) is 32.6. The Hall–Kier alpha value is -7.98. The van der Waals surface area contributed by atoms with Gasteiger partial charge in [0, 0.05) is 85.9 Å². The van der Waals surface area contributed by atoms with E-state index >= 15 is 0 Å². The average Bonchev–Trinajstić information content (AvgIpc) is 1.61. The Balaban J connectivity index is 0.000000354. The third-order valence-electron chi connectivity index (χ3n) is 25.2. The molecule has 3 fully saturated rings. The van der Waals surface area contributed by atoms with Gasteiger partial charge in [0.15, 0.2) is 47.8 Å². The number of nitrogens with one attached hydrogen (secondary N) is 3. The molecule has 3 saturated heterocycles. The first kappa shape index (κ1) is 110. The van der Waals surface area contributed by atoms with Crippen molar-refractivity contribution in [1.82, 2.24) is 16.0 Å². The molecule has 2 aliphatic carbocycles. The van der Waals surface area contributed by atoms with E-state index in [0.29, 0.717) is 63.4 Å². The van der Waals surface area contributed by atoms with Crippen LogP contribution in [0.5, 0.6) is 0 Å². The Morgan fingerprint density at radius 1 is 0.452 bits per heavy atom. The zero-order valence-corrected chi connectivity index (χ0v) is 79.8. The molecule has 11 unspecified atom stereocenters. The van der Waals surface area contributed by atoms with Gasteiger partial charge < -0.3 is 73.9 Å². The van der Waals surface area contributed by atoms with Gasteiger partial charge in [-0.15, -0.1) is 0 Å². The van der Waals surface area contributed by atoms with Crippen LogP contribution in [0.25, 0.3) is 22.3 Å². The van der Waals surface area contributed by atoms with Crippen LogP contribution in [0, 0.1) is 65.1 Å². The predicted molar refractivity (Wildman–Crippen MR) is 488 cm³/mol. The van der Waals surface area contributed by atoms with Crippen molar-refractivity contribution in [2.45, 2.75) is 322 Å². The summed E-state index contributed by atoms with van der Waals surface area (Å²) in [5.74, 6) is -1.91. The number of hydrogen-bond acceptors (Lipinski definition) is 22. The summed E-state index contributed by atoms with van der Waals surface area (Å²) in [6, 6.07) is 32.1. The summed E-state index contributed by atoms with van der Waals surface area (Å²) in [5.41, 5.74) is 9.56. The Bertz CT molecular complexity index is 3900. The molecule has 0 aromatic heterocycles. The minimum Gasteiger partial charge on any atom is -0.465 e. The highest BCUT2D eigenvalue weighted by Crippen LogP contribution is 2.47. The monoisotopic (exact) mass is 1760 g/mol. The maximum absolute atomic E-state index is 13.2. The molecule has 4 aromatic carbocycles. The molecule has 9 rings (SSSR count). The summed E-state index contributed by atoms with van der Waals surface area (Å²) < 4.78 is 52.2. The van der Waals surface area contributed by atoms with Crippen LogP contribution in [0.4, 0.5) is 4.79 Å². The minimum atomic E-state index is -1.24. The number of ketones is 5. The lowest BCUT2D eigenvalue weighted by Gasteiger charge is -2.44. The number of alkyl carbamates (subject to hydrolysis) is 1. The van der Waals surface area contributed by atoms with Gasteiger partial charge in [0.05, 0.1) is 44.1 Å². The van der Waals surface area contributed by atoms with Crippen molar-refractivity contribution in [3.63, 3.8) is 0 Å². The van der Waals surface area contributed by atoms with Crippen molar-refractivity contribution in [2.24, 2.45) is 65.1 Å². The highest BCUT2D eigenvalue weighted by molar-refractivity contribution is 5.94. The molecule has 4 aromatic rings. The predicted octanol–water partition coefficient (Wildman–Crippen LogP) is 16.8. The Morgan fingerprint density at radius 2 is 0.873 bits per heavy atom. The molecule has 3 heterocycles. The summed E-state index contributed by atoms with van der Waals surface area (Å²) in [7, 11) is 0.